The Morgan fingerprint density at radius 2 is 1.83 bits per heavy atom. The quantitative estimate of drug-likeness (QED) is 0.600. The average molecular weight is 251 g/mol. The van der Waals surface area contributed by atoms with Crippen molar-refractivity contribution in [2.24, 2.45) is 5.92 Å². The molecule has 0 aromatic heterocycles. The summed E-state index contributed by atoms with van der Waals surface area (Å²) in [5, 5.41) is 20.4. The summed E-state index contributed by atoms with van der Waals surface area (Å²) in [7, 11) is 0. The first-order valence-electron chi connectivity index (χ1n) is 5.79. The van der Waals surface area contributed by atoms with Crippen LogP contribution in [0.1, 0.15) is 12.0 Å². The molecule has 0 spiro atoms. The first kappa shape index (κ1) is 14.2. The maximum Gasteiger partial charge on any atom is 0.308 e. The summed E-state index contributed by atoms with van der Waals surface area (Å²) in [5.74, 6) is -3.05. The van der Waals surface area contributed by atoms with Gasteiger partial charge in [-0.3, -0.25) is 9.59 Å². The fraction of sp³-hybridized carbons (Fsp3) is 0.385. The molecular weight excluding hydrogens is 234 g/mol. The Kier molecular flexibility index (Phi) is 5.87. The number of hydrogen-bond acceptors (Lipinski definition) is 3. The van der Waals surface area contributed by atoms with Gasteiger partial charge in [-0.2, -0.15) is 0 Å². The van der Waals surface area contributed by atoms with E-state index in [1.165, 1.54) is 0 Å². The molecular formula is C13H17NO4. The number of carboxylic acids is 2. The van der Waals surface area contributed by atoms with Crippen molar-refractivity contribution in [1.29, 1.82) is 0 Å². The molecule has 0 aliphatic rings. The molecule has 0 aliphatic heterocycles. The summed E-state index contributed by atoms with van der Waals surface area (Å²) in [6, 6.07) is 9.81. The number of carboxylic acid groups (broad SMARTS) is 2. The van der Waals surface area contributed by atoms with Crippen molar-refractivity contribution in [1.82, 2.24) is 5.32 Å². The lowest BCUT2D eigenvalue weighted by Gasteiger charge is -2.11. The van der Waals surface area contributed by atoms with Crippen LogP contribution in [0, 0.1) is 5.92 Å². The summed E-state index contributed by atoms with van der Waals surface area (Å²) in [4.78, 5) is 21.3. The Labute approximate surface area is 105 Å². The largest absolute Gasteiger partial charge is 0.481 e. The van der Waals surface area contributed by atoms with Gasteiger partial charge in [0.05, 0.1) is 12.3 Å². The minimum atomic E-state index is -1.09. The zero-order valence-electron chi connectivity index (χ0n) is 10.0. The number of nitrogens with one attached hydrogen (secondary N) is 1. The maximum atomic E-state index is 10.8. The molecule has 5 nitrogen and oxygen atoms in total. The van der Waals surface area contributed by atoms with Gasteiger partial charge in [0.2, 0.25) is 0 Å². The monoisotopic (exact) mass is 251 g/mol. The van der Waals surface area contributed by atoms with E-state index < -0.39 is 17.9 Å². The fourth-order valence-corrected chi connectivity index (χ4v) is 1.61. The summed E-state index contributed by atoms with van der Waals surface area (Å²) >= 11 is 0. The van der Waals surface area contributed by atoms with Gasteiger partial charge in [-0.25, -0.2) is 0 Å². The van der Waals surface area contributed by atoms with E-state index in [2.05, 4.69) is 5.32 Å². The van der Waals surface area contributed by atoms with Gasteiger partial charge < -0.3 is 15.5 Å². The molecule has 18 heavy (non-hydrogen) atoms. The van der Waals surface area contributed by atoms with Crippen LogP contribution >= 0.6 is 0 Å². The van der Waals surface area contributed by atoms with Crippen LogP contribution in [-0.4, -0.2) is 35.2 Å². The highest BCUT2D eigenvalue weighted by molar-refractivity contribution is 5.77. The molecule has 1 rings (SSSR count). The van der Waals surface area contributed by atoms with E-state index >= 15 is 0 Å². The first-order valence-corrected chi connectivity index (χ1v) is 5.79. The molecule has 0 fully saturated rings. The van der Waals surface area contributed by atoms with E-state index in [0.29, 0.717) is 6.54 Å². The van der Waals surface area contributed by atoms with Crippen LogP contribution in [0.15, 0.2) is 30.3 Å². The van der Waals surface area contributed by atoms with E-state index in [1.807, 2.05) is 30.3 Å². The molecule has 0 saturated heterocycles. The molecule has 0 heterocycles. The molecule has 0 saturated carbocycles. The van der Waals surface area contributed by atoms with Crippen LogP contribution in [0.25, 0.3) is 0 Å². The van der Waals surface area contributed by atoms with E-state index in [0.717, 1.165) is 12.0 Å². The smallest absolute Gasteiger partial charge is 0.308 e. The van der Waals surface area contributed by atoms with Gasteiger partial charge in [-0.15, -0.1) is 0 Å². The molecule has 1 atom stereocenters. The number of benzene rings is 1. The Bertz CT molecular complexity index is 391. The second-order valence-electron chi connectivity index (χ2n) is 4.07. The average Bonchev–Trinajstić information content (AvgIpc) is 2.33. The molecule has 0 radical (unpaired) electrons. The highest BCUT2D eigenvalue weighted by Crippen LogP contribution is 2.03. The van der Waals surface area contributed by atoms with Crippen molar-refractivity contribution in [3.05, 3.63) is 35.9 Å². The summed E-state index contributed by atoms with van der Waals surface area (Å²) < 4.78 is 0. The summed E-state index contributed by atoms with van der Waals surface area (Å²) in [6.45, 7) is 0.807. The van der Waals surface area contributed by atoms with Crippen LogP contribution in [-0.2, 0) is 16.0 Å². The van der Waals surface area contributed by atoms with E-state index in [-0.39, 0.29) is 13.0 Å². The third kappa shape index (κ3) is 5.45. The third-order valence-electron chi connectivity index (χ3n) is 2.59. The maximum absolute atomic E-state index is 10.8. The van der Waals surface area contributed by atoms with E-state index in [4.69, 9.17) is 10.2 Å². The fourth-order valence-electron chi connectivity index (χ4n) is 1.61. The Morgan fingerprint density at radius 3 is 2.39 bits per heavy atom. The predicted octanol–water partition coefficient (Wildman–Crippen LogP) is 0.994. The number of aliphatic carboxylic acids is 2. The summed E-state index contributed by atoms with van der Waals surface area (Å²) in [5.41, 5.74) is 1.16. The topological polar surface area (TPSA) is 86.6 Å². The van der Waals surface area contributed by atoms with Gasteiger partial charge >= 0.3 is 11.9 Å². The van der Waals surface area contributed by atoms with Gasteiger partial charge in [0, 0.05) is 6.54 Å². The highest BCUT2D eigenvalue weighted by atomic mass is 16.4. The van der Waals surface area contributed by atoms with E-state index in [1.54, 1.807) is 0 Å². The lowest BCUT2D eigenvalue weighted by Crippen LogP contribution is -2.31. The minimum Gasteiger partial charge on any atom is -0.481 e. The van der Waals surface area contributed by atoms with Gasteiger partial charge in [0.25, 0.3) is 0 Å². The zero-order chi connectivity index (χ0) is 13.4. The minimum absolute atomic E-state index is 0.175. The number of hydrogen-bond donors (Lipinski definition) is 3. The second kappa shape index (κ2) is 7.45. The van der Waals surface area contributed by atoms with Crippen molar-refractivity contribution in [2.45, 2.75) is 12.8 Å². The number of carbonyl (C=O) groups is 2. The van der Waals surface area contributed by atoms with Crippen molar-refractivity contribution < 1.29 is 19.8 Å². The van der Waals surface area contributed by atoms with Crippen molar-refractivity contribution in [3.8, 4) is 0 Å². The third-order valence-corrected chi connectivity index (χ3v) is 2.59. The van der Waals surface area contributed by atoms with Crippen LogP contribution in [0.2, 0.25) is 0 Å². The van der Waals surface area contributed by atoms with Crippen LogP contribution in [0.5, 0.6) is 0 Å². The van der Waals surface area contributed by atoms with Gasteiger partial charge in [-0.05, 0) is 18.5 Å². The van der Waals surface area contributed by atoms with E-state index in [9.17, 15) is 9.59 Å². The van der Waals surface area contributed by atoms with Crippen molar-refractivity contribution in [2.75, 3.05) is 13.1 Å². The normalized spacial score (nSPS) is 12.0. The van der Waals surface area contributed by atoms with Gasteiger partial charge in [0.15, 0.2) is 0 Å². The summed E-state index contributed by atoms with van der Waals surface area (Å²) in [6.07, 6.45) is 0.438. The van der Waals surface area contributed by atoms with Gasteiger partial charge in [-0.1, -0.05) is 30.3 Å². The Hall–Kier alpha value is -1.88. The van der Waals surface area contributed by atoms with Crippen LogP contribution in [0.3, 0.4) is 0 Å². The second-order valence-corrected chi connectivity index (χ2v) is 4.07. The molecule has 0 bridgehead atoms. The SMILES string of the molecule is O=C(O)CC(CNCCc1ccccc1)C(=O)O. The van der Waals surface area contributed by atoms with Crippen molar-refractivity contribution in [3.63, 3.8) is 0 Å². The van der Waals surface area contributed by atoms with Crippen molar-refractivity contribution >= 4 is 11.9 Å². The molecule has 1 aromatic rings. The zero-order valence-corrected chi connectivity index (χ0v) is 10.0. The lowest BCUT2D eigenvalue weighted by molar-refractivity contribution is -0.148. The molecule has 3 N–H and O–H groups in total. The van der Waals surface area contributed by atoms with Gasteiger partial charge in [0.1, 0.15) is 0 Å². The lowest BCUT2D eigenvalue weighted by atomic mass is 10.1. The first-order chi connectivity index (χ1) is 8.59. The standard InChI is InChI=1S/C13H17NO4/c15-12(16)8-11(13(17)18)9-14-7-6-10-4-2-1-3-5-10/h1-5,11,14H,6-9H2,(H,15,16)(H,17,18). The molecule has 98 valence electrons. The molecule has 1 aromatic carbocycles. The molecule has 0 amide bonds. The van der Waals surface area contributed by atoms with Crippen LogP contribution in [0.4, 0.5) is 0 Å². The predicted molar refractivity (Wildman–Crippen MR) is 66.4 cm³/mol. The van der Waals surface area contributed by atoms with Crippen LogP contribution < -0.4 is 5.32 Å². The molecule has 1 unspecified atom stereocenters. The highest BCUT2D eigenvalue weighted by Gasteiger charge is 2.20. The number of rotatable bonds is 8. The Morgan fingerprint density at radius 1 is 1.17 bits per heavy atom. The molecule has 0 aliphatic carbocycles. The molecule has 5 heteroatoms. The Balaban J connectivity index is 2.27.